The third-order valence-corrected chi connectivity index (χ3v) is 3.57. The van der Waals surface area contributed by atoms with E-state index in [0.717, 1.165) is 49.3 Å². The molecule has 0 spiro atoms. The number of hydrogen-bond donors (Lipinski definition) is 2. The molecule has 0 atom stereocenters. The molecule has 2 heterocycles. The minimum absolute atomic E-state index is 0.811. The van der Waals surface area contributed by atoms with Gasteiger partial charge in [0.1, 0.15) is 5.82 Å². The zero-order valence-electron chi connectivity index (χ0n) is 12.6. The van der Waals surface area contributed by atoms with Gasteiger partial charge in [0.15, 0.2) is 0 Å². The molecule has 1 aromatic carbocycles. The van der Waals surface area contributed by atoms with Crippen LogP contribution in [0.2, 0.25) is 0 Å². The van der Waals surface area contributed by atoms with E-state index in [1.807, 2.05) is 13.0 Å². The van der Waals surface area contributed by atoms with Crippen molar-refractivity contribution in [2.45, 2.75) is 13.8 Å². The molecule has 5 nitrogen and oxygen atoms in total. The Hall–Kier alpha value is -2.14. The first kappa shape index (κ1) is 13.8. The van der Waals surface area contributed by atoms with Crippen molar-refractivity contribution in [1.29, 1.82) is 0 Å². The molecule has 5 heteroatoms. The van der Waals surface area contributed by atoms with Crippen molar-refractivity contribution in [3.8, 4) is 0 Å². The summed E-state index contributed by atoms with van der Waals surface area (Å²) in [5, 5.41) is 6.70. The lowest BCUT2D eigenvalue weighted by molar-refractivity contribution is 0.579. The Labute approximate surface area is 125 Å². The largest absolute Gasteiger partial charge is 0.340 e. The molecule has 2 aromatic rings. The van der Waals surface area contributed by atoms with Crippen molar-refractivity contribution in [3.63, 3.8) is 0 Å². The fourth-order valence-corrected chi connectivity index (χ4v) is 2.41. The average molecular weight is 283 g/mol. The number of aromatic nitrogens is 2. The normalized spacial score (nSPS) is 15.0. The van der Waals surface area contributed by atoms with Crippen LogP contribution in [0.3, 0.4) is 0 Å². The summed E-state index contributed by atoms with van der Waals surface area (Å²) in [6.45, 7) is 7.96. The number of hydrogen-bond acceptors (Lipinski definition) is 5. The second-order valence-corrected chi connectivity index (χ2v) is 5.42. The molecule has 0 saturated carbocycles. The number of benzene rings is 1. The van der Waals surface area contributed by atoms with Crippen LogP contribution in [0.25, 0.3) is 0 Å². The monoisotopic (exact) mass is 283 g/mol. The SMILES string of the molecule is Cc1ccc(Nc2cc(C)nc(N3CCNCC3)n2)cc1. The Morgan fingerprint density at radius 2 is 1.76 bits per heavy atom. The highest BCUT2D eigenvalue weighted by Crippen LogP contribution is 2.19. The van der Waals surface area contributed by atoms with Gasteiger partial charge >= 0.3 is 0 Å². The number of rotatable bonds is 3. The van der Waals surface area contributed by atoms with Gasteiger partial charge in [-0.05, 0) is 26.0 Å². The molecule has 1 aliphatic rings. The molecule has 0 amide bonds. The molecule has 0 bridgehead atoms. The second-order valence-electron chi connectivity index (χ2n) is 5.42. The van der Waals surface area contributed by atoms with Crippen molar-refractivity contribution in [2.24, 2.45) is 0 Å². The van der Waals surface area contributed by atoms with Crippen LogP contribution in [0.1, 0.15) is 11.3 Å². The number of anilines is 3. The summed E-state index contributed by atoms with van der Waals surface area (Å²) >= 11 is 0. The van der Waals surface area contributed by atoms with Gasteiger partial charge in [-0.25, -0.2) is 4.98 Å². The summed E-state index contributed by atoms with van der Waals surface area (Å²) in [6, 6.07) is 10.3. The van der Waals surface area contributed by atoms with E-state index in [-0.39, 0.29) is 0 Å². The topological polar surface area (TPSA) is 53.1 Å². The van der Waals surface area contributed by atoms with Gasteiger partial charge in [-0.1, -0.05) is 17.7 Å². The van der Waals surface area contributed by atoms with Crippen molar-refractivity contribution < 1.29 is 0 Å². The quantitative estimate of drug-likeness (QED) is 0.905. The summed E-state index contributed by atoms with van der Waals surface area (Å²) in [4.78, 5) is 11.4. The lowest BCUT2D eigenvalue weighted by atomic mass is 10.2. The summed E-state index contributed by atoms with van der Waals surface area (Å²) in [7, 11) is 0. The maximum atomic E-state index is 4.65. The lowest BCUT2D eigenvalue weighted by Crippen LogP contribution is -2.44. The highest BCUT2D eigenvalue weighted by Gasteiger charge is 2.14. The number of aryl methyl sites for hydroxylation is 2. The zero-order chi connectivity index (χ0) is 14.7. The predicted molar refractivity (Wildman–Crippen MR) is 86.3 cm³/mol. The summed E-state index contributed by atoms with van der Waals surface area (Å²) in [6.07, 6.45) is 0. The molecular formula is C16H21N5. The Kier molecular flexibility index (Phi) is 4.01. The van der Waals surface area contributed by atoms with Gasteiger partial charge in [-0.15, -0.1) is 0 Å². The minimum Gasteiger partial charge on any atom is -0.340 e. The Bertz CT molecular complexity index is 603. The molecule has 1 aromatic heterocycles. The van der Waals surface area contributed by atoms with E-state index in [9.17, 15) is 0 Å². The second kappa shape index (κ2) is 6.10. The van der Waals surface area contributed by atoms with E-state index in [0.29, 0.717) is 0 Å². The maximum absolute atomic E-state index is 4.65. The highest BCUT2D eigenvalue weighted by molar-refractivity contribution is 5.58. The van der Waals surface area contributed by atoms with Gasteiger partial charge in [-0.3, -0.25) is 0 Å². The Morgan fingerprint density at radius 1 is 1.05 bits per heavy atom. The standard InChI is InChI=1S/C16H21N5/c1-12-3-5-14(6-4-12)19-15-11-13(2)18-16(20-15)21-9-7-17-8-10-21/h3-6,11,17H,7-10H2,1-2H3,(H,18,19,20). The Balaban J connectivity index is 1.81. The van der Waals surface area contributed by atoms with E-state index in [2.05, 4.69) is 56.7 Å². The molecule has 110 valence electrons. The maximum Gasteiger partial charge on any atom is 0.227 e. The number of piperazine rings is 1. The molecule has 0 unspecified atom stereocenters. The molecule has 21 heavy (non-hydrogen) atoms. The predicted octanol–water partition coefficient (Wildman–Crippen LogP) is 2.25. The van der Waals surface area contributed by atoms with Crippen LogP contribution >= 0.6 is 0 Å². The molecule has 1 saturated heterocycles. The van der Waals surface area contributed by atoms with Gasteiger partial charge in [0.05, 0.1) is 0 Å². The van der Waals surface area contributed by atoms with E-state index in [1.54, 1.807) is 0 Å². The molecule has 2 N–H and O–H groups in total. The molecule has 1 fully saturated rings. The fourth-order valence-electron chi connectivity index (χ4n) is 2.41. The van der Waals surface area contributed by atoms with Gasteiger partial charge in [0.25, 0.3) is 0 Å². The number of nitrogens with one attached hydrogen (secondary N) is 2. The third-order valence-electron chi connectivity index (χ3n) is 3.57. The van der Waals surface area contributed by atoms with Crippen LogP contribution in [0.4, 0.5) is 17.5 Å². The van der Waals surface area contributed by atoms with E-state index in [1.165, 1.54) is 5.56 Å². The summed E-state index contributed by atoms with van der Waals surface area (Å²) < 4.78 is 0. The molecule has 3 rings (SSSR count). The fraction of sp³-hybridized carbons (Fsp3) is 0.375. The van der Waals surface area contributed by atoms with Crippen LogP contribution in [-0.4, -0.2) is 36.1 Å². The van der Waals surface area contributed by atoms with Crippen LogP contribution in [-0.2, 0) is 0 Å². The number of nitrogens with zero attached hydrogens (tertiary/aromatic N) is 3. The van der Waals surface area contributed by atoms with E-state index >= 15 is 0 Å². The van der Waals surface area contributed by atoms with Crippen LogP contribution in [0, 0.1) is 13.8 Å². The third kappa shape index (κ3) is 3.49. The van der Waals surface area contributed by atoms with Crippen molar-refractivity contribution in [1.82, 2.24) is 15.3 Å². The molecule has 1 aliphatic heterocycles. The lowest BCUT2D eigenvalue weighted by Gasteiger charge is -2.27. The van der Waals surface area contributed by atoms with Gasteiger partial charge in [0.2, 0.25) is 5.95 Å². The van der Waals surface area contributed by atoms with Crippen molar-refractivity contribution in [2.75, 3.05) is 36.4 Å². The van der Waals surface area contributed by atoms with Crippen molar-refractivity contribution >= 4 is 17.5 Å². The van der Waals surface area contributed by atoms with Crippen LogP contribution < -0.4 is 15.5 Å². The van der Waals surface area contributed by atoms with Crippen LogP contribution in [0.5, 0.6) is 0 Å². The Morgan fingerprint density at radius 3 is 2.48 bits per heavy atom. The van der Waals surface area contributed by atoms with E-state index < -0.39 is 0 Å². The first-order chi connectivity index (χ1) is 10.2. The molecular weight excluding hydrogens is 262 g/mol. The first-order valence-electron chi connectivity index (χ1n) is 7.36. The summed E-state index contributed by atoms with van der Waals surface area (Å²) in [5.41, 5.74) is 3.28. The minimum atomic E-state index is 0.811. The molecule has 0 radical (unpaired) electrons. The van der Waals surface area contributed by atoms with E-state index in [4.69, 9.17) is 0 Å². The van der Waals surface area contributed by atoms with Gasteiger partial charge < -0.3 is 15.5 Å². The van der Waals surface area contributed by atoms with Crippen molar-refractivity contribution in [3.05, 3.63) is 41.6 Å². The van der Waals surface area contributed by atoms with Crippen LogP contribution in [0.15, 0.2) is 30.3 Å². The van der Waals surface area contributed by atoms with Gasteiger partial charge in [-0.2, -0.15) is 4.98 Å². The summed E-state index contributed by atoms with van der Waals surface area (Å²) in [5.74, 6) is 1.66. The van der Waals surface area contributed by atoms with Gasteiger partial charge in [0, 0.05) is 43.6 Å². The first-order valence-corrected chi connectivity index (χ1v) is 7.36. The average Bonchev–Trinajstić information content (AvgIpc) is 2.50. The smallest absolute Gasteiger partial charge is 0.227 e. The zero-order valence-corrected chi connectivity index (χ0v) is 12.6. The highest BCUT2D eigenvalue weighted by atomic mass is 15.3. The molecule has 0 aliphatic carbocycles.